The van der Waals surface area contributed by atoms with Crippen LogP contribution in [0.2, 0.25) is 0 Å². The van der Waals surface area contributed by atoms with E-state index >= 15 is 0 Å². The van der Waals surface area contributed by atoms with Crippen LogP contribution in [0, 0.1) is 0 Å². The third kappa shape index (κ3) is 3.13. The summed E-state index contributed by atoms with van der Waals surface area (Å²) in [6.07, 6.45) is 6.54. The Kier molecular flexibility index (Phi) is 4.27. The molecule has 0 atom stereocenters. The fraction of sp³-hybridized carbons (Fsp3) is 0.333. The number of hydrogen-bond donors (Lipinski definition) is 3. The average molecular weight is 376 g/mol. The molecule has 28 heavy (non-hydrogen) atoms. The molecule has 0 aliphatic carbocycles. The van der Waals surface area contributed by atoms with E-state index in [9.17, 15) is 4.79 Å². The summed E-state index contributed by atoms with van der Waals surface area (Å²) < 4.78 is 0. The molecule has 5 rings (SSSR count). The molecule has 1 saturated heterocycles. The number of fused-ring (bicyclic) bond motifs is 2. The first-order valence-electron chi connectivity index (χ1n) is 9.93. The van der Waals surface area contributed by atoms with Crippen molar-refractivity contribution in [3.8, 4) is 0 Å². The first-order chi connectivity index (χ1) is 13.8. The van der Waals surface area contributed by atoms with Crippen LogP contribution >= 0.6 is 0 Å². The number of rotatable bonds is 3. The van der Waals surface area contributed by atoms with Gasteiger partial charge in [-0.05, 0) is 61.6 Å². The summed E-state index contributed by atoms with van der Waals surface area (Å²) in [5.41, 5.74) is 8.29. The molecule has 0 spiro atoms. The monoisotopic (exact) mass is 376 g/mol. The smallest absolute Gasteiger partial charge is 0.338 e. The topological polar surface area (TPSA) is 76.3 Å². The normalized spacial score (nSPS) is 16.3. The van der Waals surface area contributed by atoms with Gasteiger partial charge in [0.25, 0.3) is 0 Å². The number of H-pyrrole nitrogens is 1. The number of urea groups is 1. The number of piperidine rings is 1. The summed E-state index contributed by atoms with van der Waals surface area (Å²) in [7, 11) is 0. The maximum absolute atomic E-state index is 12.6. The second-order valence-corrected chi connectivity index (χ2v) is 7.47. The molecule has 0 radical (unpaired) electrons. The maximum Gasteiger partial charge on any atom is 0.338 e. The first kappa shape index (κ1) is 16.9. The maximum atomic E-state index is 12.6. The molecule has 2 amide bonds. The van der Waals surface area contributed by atoms with Gasteiger partial charge in [0, 0.05) is 30.7 Å². The highest BCUT2D eigenvalue weighted by molar-refractivity contribution is 6.00. The number of carbonyl (C=O) groups is 1. The van der Waals surface area contributed by atoms with Crippen LogP contribution in [0.15, 0.2) is 42.6 Å². The number of aromatic amines is 1. The number of aromatic nitrogens is 2. The first-order valence-corrected chi connectivity index (χ1v) is 9.93. The summed E-state index contributed by atoms with van der Waals surface area (Å²) >= 11 is 0. The van der Waals surface area contributed by atoms with Crippen molar-refractivity contribution in [3.05, 3.63) is 48.2 Å². The van der Waals surface area contributed by atoms with E-state index in [4.69, 9.17) is 0 Å². The predicted octanol–water partition coefficient (Wildman–Crippen LogP) is 3.65. The van der Waals surface area contributed by atoms with Crippen molar-refractivity contribution in [1.29, 1.82) is 0 Å². The van der Waals surface area contributed by atoms with Crippen molar-refractivity contribution < 1.29 is 4.79 Å². The molecule has 7 heteroatoms. The zero-order valence-corrected chi connectivity index (χ0v) is 15.7. The van der Waals surface area contributed by atoms with E-state index in [0.717, 1.165) is 48.3 Å². The Morgan fingerprint density at radius 2 is 1.96 bits per heavy atom. The van der Waals surface area contributed by atoms with Crippen molar-refractivity contribution in [3.63, 3.8) is 0 Å². The molecule has 1 fully saturated rings. The number of hydrogen-bond acceptors (Lipinski definition) is 4. The lowest BCUT2D eigenvalue weighted by molar-refractivity contribution is 0.251. The van der Waals surface area contributed by atoms with Crippen LogP contribution in [0.5, 0.6) is 0 Å². The van der Waals surface area contributed by atoms with Crippen LogP contribution in [0.4, 0.5) is 21.9 Å². The molecular weight excluding hydrogens is 352 g/mol. The molecule has 2 aliphatic rings. The lowest BCUT2D eigenvalue weighted by atomic mass is 10.1. The van der Waals surface area contributed by atoms with Gasteiger partial charge in [-0.15, -0.1) is 0 Å². The van der Waals surface area contributed by atoms with Crippen LogP contribution in [-0.4, -0.2) is 35.9 Å². The van der Waals surface area contributed by atoms with Crippen molar-refractivity contribution in [2.24, 2.45) is 0 Å². The van der Waals surface area contributed by atoms with Gasteiger partial charge in [-0.3, -0.25) is 10.1 Å². The summed E-state index contributed by atoms with van der Waals surface area (Å²) in [5.74, 6) is 0. The Morgan fingerprint density at radius 1 is 1.07 bits per heavy atom. The predicted molar refractivity (Wildman–Crippen MR) is 112 cm³/mol. The van der Waals surface area contributed by atoms with Crippen molar-refractivity contribution in [2.75, 3.05) is 34.9 Å². The fourth-order valence-corrected chi connectivity index (χ4v) is 4.20. The standard InChI is InChI=1S/C21H24N6O/c28-21(23-18-5-4-6-19-17(18)14-22-24-19)25-27-12-9-15-13-16(7-8-20(15)27)26-10-2-1-3-11-26/h4-8,13-14H,1-3,9-12H2,(H,22,24)(H2,23,25,28). The highest BCUT2D eigenvalue weighted by Gasteiger charge is 2.22. The lowest BCUT2D eigenvalue weighted by Crippen LogP contribution is -2.43. The zero-order chi connectivity index (χ0) is 18.9. The molecule has 3 N–H and O–H groups in total. The van der Waals surface area contributed by atoms with E-state index in [-0.39, 0.29) is 6.03 Å². The van der Waals surface area contributed by atoms with Gasteiger partial charge in [-0.25, -0.2) is 10.2 Å². The van der Waals surface area contributed by atoms with E-state index in [1.54, 1.807) is 6.20 Å². The molecule has 2 aromatic carbocycles. The Labute approximate surface area is 163 Å². The number of carbonyl (C=O) groups excluding carboxylic acids is 1. The molecular formula is C21H24N6O. The molecule has 7 nitrogen and oxygen atoms in total. The number of amides is 2. The number of nitrogens with zero attached hydrogens (tertiary/aromatic N) is 3. The third-order valence-electron chi connectivity index (χ3n) is 5.65. The quantitative estimate of drug-likeness (QED) is 0.652. The highest BCUT2D eigenvalue weighted by atomic mass is 16.2. The molecule has 0 unspecified atom stereocenters. The van der Waals surface area contributed by atoms with Crippen LogP contribution < -0.4 is 20.7 Å². The molecule has 3 aromatic rings. The van der Waals surface area contributed by atoms with E-state index in [1.807, 2.05) is 23.2 Å². The third-order valence-corrected chi connectivity index (χ3v) is 5.65. The van der Waals surface area contributed by atoms with Gasteiger partial charge in [0.1, 0.15) is 0 Å². The Hall–Kier alpha value is -3.22. The van der Waals surface area contributed by atoms with E-state index in [0.29, 0.717) is 0 Å². The average Bonchev–Trinajstić information content (AvgIpc) is 3.36. The van der Waals surface area contributed by atoms with E-state index in [2.05, 4.69) is 44.0 Å². The second-order valence-electron chi connectivity index (χ2n) is 7.47. The van der Waals surface area contributed by atoms with Gasteiger partial charge in [0.15, 0.2) is 0 Å². The Morgan fingerprint density at radius 3 is 2.86 bits per heavy atom. The van der Waals surface area contributed by atoms with Crippen LogP contribution in [0.25, 0.3) is 10.9 Å². The summed E-state index contributed by atoms with van der Waals surface area (Å²) in [6.45, 7) is 3.06. The van der Waals surface area contributed by atoms with Gasteiger partial charge in [-0.2, -0.15) is 5.10 Å². The Bertz CT molecular complexity index is 1010. The Balaban J connectivity index is 1.28. The highest BCUT2D eigenvalue weighted by Crippen LogP contribution is 2.31. The van der Waals surface area contributed by atoms with Crippen LogP contribution in [-0.2, 0) is 6.42 Å². The molecule has 1 aromatic heterocycles. The zero-order valence-electron chi connectivity index (χ0n) is 15.7. The van der Waals surface area contributed by atoms with Crippen LogP contribution in [0.1, 0.15) is 24.8 Å². The van der Waals surface area contributed by atoms with E-state index in [1.165, 1.54) is 30.5 Å². The minimum atomic E-state index is -0.248. The number of benzene rings is 2. The summed E-state index contributed by atoms with van der Waals surface area (Å²) in [4.78, 5) is 15.0. The molecule has 0 saturated carbocycles. The van der Waals surface area contributed by atoms with Crippen LogP contribution in [0.3, 0.4) is 0 Å². The van der Waals surface area contributed by atoms with Crippen molar-refractivity contribution >= 4 is 34.0 Å². The van der Waals surface area contributed by atoms with E-state index < -0.39 is 0 Å². The largest absolute Gasteiger partial charge is 0.372 e. The van der Waals surface area contributed by atoms with Gasteiger partial charge >= 0.3 is 6.03 Å². The van der Waals surface area contributed by atoms with Gasteiger partial charge in [0.2, 0.25) is 0 Å². The summed E-state index contributed by atoms with van der Waals surface area (Å²) in [5, 5.41) is 12.7. The molecule has 0 bridgehead atoms. The summed E-state index contributed by atoms with van der Waals surface area (Å²) in [6, 6.07) is 12.0. The minimum absolute atomic E-state index is 0.248. The molecule has 2 aliphatic heterocycles. The number of anilines is 3. The lowest BCUT2D eigenvalue weighted by Gasteiger charge is -2.29. The van der Waals surface area contributed by atoms with Crippen molar-refractivity contribution in [1.82, 2.24) is 15.6 Å². The van der Waals surface area contributed by atoms with Gasteiger partial charge < -0.3 is 10.2 Å². The molecule has 144 valence electrons. The number of nitrogens with one attached hydrogen (secondary N) is 3. The molecule has 3 heterocycles. The SMILES string of the molecule is O=C(Nc1cccc2[nH]ncc12)NN1CCc2cc(N3CCCCC3)ccc21. The second kappa shape index (κ2) is 7.07. The number of hydrazine groups is 1. The fourth-order valence-electron chi connectivity index (χ4n) is 4.20. The van der Waals surface area contributed by atoms with Gasteiger partial charge in [-0.1, -0.05) is 6.07 Å². The van der Waals surface area contributed by atoms with Gasteiger partial charge in [0.05, 0.1) is 23.1 Å². The van der Waals surface area contributed by atoms with Crippen molar-refractivity contribution in [2.45, 2.75) is 25.7 Å². The minimum Gasteiger partial charge on any atom is -0.372 e.